The Kier molecular flexibility index (Phi) is 6.04. The molecule has 0 saturated carbocycles. The Labute approximate surface area is 166 Å². The first-order valence-electron chi connectivity index (χ1n) is 8.37. The van der Waals surface area contributed by atoms with Gasteiger partial charge in [0.25, 0.3) is 0 Å². The van der Waals surface area contributed by atoms with Crippen molar-refractivity contribution < 1.29 is 14.3 Å². The molecule has 140 valence electrons. The number of amides is 1. The molecule has 0 unspecified atom stereocenters. The molecular weight excluding hydrogens is 387 g/mol. The molecule has 5 nitrogen and oxygen atoms in total. The van der Waals surface area contributed by atoms with Gasteiger partial charge in [0.1, 0.15) is 12.6 Å². The number of carbonyl (C=O) groups excluding carboxylic acids is 2. The van der Waals surface area contributed by atoms with Crippen LogP contribution in [0.1, 0.15) is 18.1 Å². The van der Waals surface area contributed by atoms with Crippen molar-refractivity contribution in [1.29, 1.82) is 0 Å². The van der Waals surface area contributed by atoms with E-state index in [4.69, 9.17) is 27.9 Å². The highest BCUT2D eigenvalue weighted by Crippen LogP contribution is 2.25. The zero-order chi connectivity index (χ0) is 19.4. The van der Waals surface area contributed by atoms with Crippen LogP contribution in [0.3, 0.4) is 0 Å². The molecule has 1 heterocycles. The molecule has 0 saturated heterocycles. The monoisotopic (exact) mass is 404 g/mol. The number of halogens is 2. The third kappa shape index (κ3) is 4.62. The van der Waals surface area contributed by atoms with E-state index in [9.17, 15) is 9.59 Å². The zero-order valence-electron chi connectivity index (χ0n) is 14.6. The van der Waals surface area contributed by atoms with Crippen LogP contribution in [0.15, 0.2) is 48.7 Å². The van der Waals surface area contributed by atoms with Crippen LogP contribution in [-0.2, 0) is 27.4 Å². The summed E-state index contributed by atoms with van der Waals surface area (Å²) in [5, 5.41) is 4.49. The van der Waals surface area contributed by atoms with Gasteiger partial charge in [-0.15, -0.1) is 0 Å². The lowest BCUT2D eigenvalue weighted by Gasteiger charge is -2.17. The standard InChI is InChI=1S/C20H18Cl2N2O3/c1-12(25)24-19(9-13-10-23-18-8-3-2-5-14(13)18)20(26)27-11-15-16(21)6-4-7-17(15)22/h2-8,10,19,23H,9,11H2,1H3,(H,24,25)/t19-/m0/s1. The zero-order valence-corrected chi connectivity index (χ0v) is 16.1. The molecule has 0 fully saturated rings. The minimum Gasteiger partial charge on any atom is -0.459 e. The van der Waals surface area contributed by atoms with Gasteiger partial charge in [-0.3, -0.25) is 4.79 Å². The fourth-order valence-electron chi connectivity index (χ4n) is 2.87. The van der Waals surface area contributed by atoms with Crippen molar-refractivity contribution in [3.05, 3.63) is 69.8 Å². The summed E-state index contributed by atoms with van der Waals surface area (Å²) in [6.45, 7) is 1.29. The summed E-state index contributed by atoms with van der Waals surface area (Å²) in [6, 6.07) is 12.0. The number of para-hydroxylation sites is 1. The Hall–Kier alpha value is -2.50. The number of aromatic nitrogens is 1. The molecule has 0 bridgehead atoms. The van der Waals surface area contributed by atoms with Gasteiger partial charge < -0.3 is 15.0 Å². The Bertz CT molecular complexity index is 964. The highest BCUT2D eigenvalue weighted by Gasteiger charge is 2.23. The van der Waals surface area contributed by atoms with Crippen molar-refractivity contribution >= 4 is 46.0 Å². The second kappa shape index (κ2) is 8.46. The number of aromatic amines is 1. The molecule has 7 heteroatoms. The number of H-pyrrole nitrogens is 1. The molecule has 2 aromatic carbocycles. The molecule has 0 aliphatic rings. The summed E-state index contributed by atoms with van der Waals surface area (Å²) in [6.07, 6.45) is 2.14. The number of hydrogen-bond acceptors (Lipinski definition) is 3. The normalized spacial score (nSPS) is 12.0. The van der Waals surface area contributed by atoms with Gasteiger partial charge in [-0.05, 0) is 23.8 Å². The predicted octanol–water partition coefficient (Wildman–Crippen LogP) is 4.27. The largest absolute Gasteiger partial charge is 0.459 e. The van der Waals surface area contributed by atoms with Crippen LogP contribution in [0.25, 0.3) is 10.9 Å². The lowest BCUT2D eigenvalue weighted by atomic mass is 10.0. The smallest absolute Gasteiger partial charge is 0.329 e. The van der Waals surface area contributed by atoms with Gasteiger partial charge in [0.2, 0.25) is 5.91 Å². The van der Waals surface area contributed by atoms with Gasteiger partial charge in [-0.25, -0.2) is 4.79 Å². The Morgan fingerprint density at radius 2 is 1.81 bits per heavy atom. The van der Waals surface area contributed by atoms with E-state index in [0.717, 1.165) is 16.5 Å². The second-order valence-electron chi connectivity index (χ2n) is 6.12. The SMILES string of the molecule is CC(=O)N[C@@H](Cc1c[nH]c2ccccc12)C(=O)OCc1c(Cl)cccc1Cl. The minimum atomic E-state index is -0.817. The maximum Gasteiger partial charge on any atom is 0.329 e. The number of nitrogens with one attached hydrogen (secondary N) is 2. The molecule has 2 N–H and O–H groups in total. The molecule has 1 amide bonds. The molecular formula is C20H18Cl2N2O3. The summed E-state index contributed by atoms with van der Waals surface area (Å²) < 4.78 is 5.38. The van der Waals surface area contributed by atoms with Crippen molar-refractivity contribution in [1.82, 2.24) is 10.3 Å². The number of carbonyl (C=O) groups is 2. The quantitative estimate of drug-likeness (QED) is 0.602. The first-order chi connectivity index (χ1) is 13.0. The van der Waals surface area contributed by atoms with Crippen LogP contribution in [0.2, 0.25) is 10.0 Å². The average molecular weight is 405 g/mol. The number of esters is 1. The van der Waals surface area contributed by atoms with E-state index in [2.05, 4.69) is 10.3 Å². The molecule has 1 aromatic heterocycles. The second-order valence-corrected chi connectivity index (χ2v) is 6.94. The van der Waals surface area contributed by atoms with Crippen molar-refractivity contribution in [3.8, 4) is 0 Å². The molecule has 0 aliphatic carbocycles. The maximum atomic E-state index is 12.6. The molecule has 3 aromatic rings. The van der Waals surface area contributed by atoms with Crippen LogP contribution < -0.4 is 5.32 Å². The van der Waals surface area contributed by atoms with Crippen molar-refractivity contribution in [2.45, 2.75) is 26.0 Å². The molecule has 0 radical (unpaired) electrons. The van der Waals surface area contributed by atoms with Gasteiger partial charge >= 0.3 is 5.97 Å². The Morgan fingerprint density at radius 3 is 2.52 bits per heavy atom. The summed E-state index contributed by atoms with van der Waals surface area (Å²) in [5.74, 6) is -0.862. The Balaban J connectivity index is 1.76. The molecule has 27 heavy (non-hydrogen) atoms. The first kappa shape index (κ1) is 19.3. The van der Waals surface area contributed by atoms with E-state index >= 15 is 0 Å². The number of ether oxygens (including phenoxy) is 1. The van der Waals surface area contributed by atoms with Gasteiger partial charge in [0, 0.05) is 46.1 Å². The van der Waals surface area contributed by atoms with E-state index < -0.39 is 12.0 Å². The van der Waals surface area contributed by atoms with Gasteiger partial charge in [-0.1, -0.05) is 47.5 Å². The third-order valence-electron chi connectivity index (χ3n) is 4.18. The molecule has 1 atom stereocenters. The fourth-order valence-corrected chi connectivity index (χ4v) is 3.38. The lowest BCUT2D eigenvalue weighted by molar-refractivity contribution is -0.148. The van der Waals surface area contributed by atoms with Crippen molar-refractivity contribution in [3.63, 3.8) is 0 Å². The predicted molar refractivity (Wildman–Crippen MR) is 106 cm³/mol. The summed E-state index contributed by atoms with van der Waals surface area (Å²) in [4.78, 5) is 27.3. The average Bonchev–Trinajstić information content (AvgIpc) is 3.03. The van der Waals surface area contributed by atoms with Crippen LogP contribution in [0.4, 0.5) is 0 Å². The fraction of sp³-hybridized carbons (Fsp3) is 0.200. The van der Waals surface area contributed by atoms with E-state index in [0.29, 0.717) is 22.0 Å². The first-order valence-corrected chi connectivity index (χ1v) is 9.13. The van der Waals surface area contributed by atoms with Crippen molar-refractivity contribution in [2.75, 3.05) is 0 Å². The molecule has 0 aliphatic heterocycles. The van der Waals surface area contributed by atoms with Crippen LogP contribution >= 0.6 is 23.2 Å². The number of benzene rings is 2. The van der Waals surface area contributed by atoms with Crippen LogP contribution in [0.5, 0.6) is 0 Å². The van der Waals surface area contributed by atoms with Crippen LogP contribution in [-0.4, -0.2) is 22.9 Å². The van der Waals surface area contributed by atoms with E-state index in [-0.39, 0.29) is 12.5 Å². The molecule has 3 rings (SSSR count). The highest BCUT2D eigenvalue weighted by molar-refractivity contribution is 6.35. The topological polar surface area (TPSA) is 71.2 Å². The van der Waals surface area contributed by atoms with Gasteiger partial charge in [0.05, 0.1) is 0 Å². The van der Waals surface area contributed by atoms with E-state index in [1.54, 1.807) is 18.2 Å². The number of hydrogen-bond donors (Lipinski definition) is 2. The third-order valence-corrected chi connectivity index (χ3v) is 4.89. The van der Waals surface area contributed by atoms with Crippen LogP contribution in [0, 0.1) is 0 Å². The summed E-state index contributed by atoms with van der Waals surface area (Å²) >= 11 is 12.2. The van der Waals surface area contributed by atoms with Crippen molar-refractivity contribution in [2.24, 2.45) is 0 Å². The number of fused-ring (bicyclic) bond motifs is 1. The maximum absolute atomic E-state index is 12.6. The number of rotatable bonds is 6. The van der Waals surface area contributed by atoms with E-state index in [1.807, 2.05) is 30.5 Å². The van der Waals surface area contributed by atoms with Gasteiger partial charge in [0.15, 0.2) is 0 Å². The summed E-state index contributed by atoms with van der Waals surface area (Å²) in [5.41, 5.74) is 2.41. The minimum absolute atomic E-state index is 0.0681. The Morgan fingerprint density at radius 1 is 1.11 bits per heavy atom. The van der Waals surface area contributed by atoms with Gasteiger partial charge in [-0.2, -0.15) is 0 Å². The van der Waals surface area contributed by atoms with E-state index in [1.165, 1.54) is 6.92 Å². The molecule has 0 spiro atoms. The summed E-state index contributed by atoms with van der Waals surface area (Å²) in [7, 11) is 0. The lowest BCUT2D eigenvalue weighted by Crippen LogP contribution is -2.42. The highest BCUT2D eigenvalue weighted by atomic mass is 35.5.